The van der Waals surface area contributed by atoms with Crippen molar-refractivity contribution < 1.29 is 12.8 Å². The minimum atomic E-state index is -3.64. The Bertz CT molecular complexity index is 716. The minimum absolute atomic E-state index is 0.0160. The Balaban J connectivity index is 1.85. The molecule has 0 bridgehead atoms. The largest absolute Gasteiger partial charge is 0.249 e. The Labute approximate surface area is 127 Å². The molecule has 2 aromatic rings. The zero-order chi connectivity index (χ0) is 14.9. The van der Waals surface area contributed by atoms with E-state index in [-0.39, 0.29) is 10.8 Å². The Hall–Kier alpha value is -1.31. The first-order valence-corrected chi connectivity index (χ1v) is 9.04. The van der Waals surface area contributed by atoms with Gasteiger partial charge in [0.2, 0.25) is 10.0 Å². The van der Waals surface area contributed by atoms with Gasteiger partial charge in [0.05, 0.1) is 9.90 Å². The molecule has 1 saturated heterocycles. The number of rotatable bonds is 3. The van der Waals surface area contributed by atoms with Gasteiger partial charge in [0.1, 0.15) is 5.82 Å². The SMILES string of the molecule is O=S(=O)(c1cccc(F)c1)N1CCCC(c2nccs2)C1. The molecular weight excluding hydrogens is 311 g/mol. The molecule has 4 nitrogen and oxygen atoms in total. The number of hydrogen-bond acceptors (Lipinski definition) is 4. The van der Waals surface area contributed by atoms with Gasteiger partial charge in [-0.25, -0.2) is 17.8 Å². The standard InChI is InChI=1S/C14H15FN2O2S2/c15-12-4-1-5-13(9-12)21(18,19)17-7-2-3-11(10-17)14-16-6-8-20-14/h1,4-6,8-9,11H,2-3,7,10H2. The van der Waals surface area contributed by atoms with Crippen LogP contribution in [0.25, 0.3) is 0 Å². The maximum absolute atomic E-state index is 13.3. The third kappa shape index (κ3) is 3.00. The van der Waals surface area contributed by atoms with Gasteiger partial charge in [0, 0.05) is 30.6 Å². The van der Waals surface area contributed by atoms with E-state index in [1.54, 1.807) is 17.5 Å². The van der Waals surface area contributed by atoms with Crippen LogP contribution in [0.4, 0.5) is 4.39 Å². The predicted molar refractivity (Wildman–Crippen MR) is 79.2 cm³/mol. The number of nitrogens with zero attached hydrogens (tertiary/aromatic N) is 2. The van der Waals surface area contributed by atoms with E-state index in [1.165, 1.54) is 22.5 Å². The van der Waals surface area contributed by atoms with Crippen molar-refractivity contribution in [1.29, 1.82) is 0 Å². The van der Waals surface area contributed by atoms with Gasteiger partial charge < -0.3 is 0 Å². The molecule has 2 heterocycles. The van der Waals surface area contributed by atoms with Crippen LogP contribution in [0, 0.1) is 5.82 Å². The van der Waals surface area contributed by atoms with Gasteiger partial charge in [-0.05, 0) is 31.0 Å². The van der Waals surface area contributed by atoms with Crippen LogP contribution in [-0.2, 0) is 10.0 Å². The van der Waals surface area contributed by atoms with Crippen molar-refractivity contribution in [3.05, 3.63) is 46.7 Å². The topological polar surface area (TPSA) is 50.3 Å². The molecular formula is C14H15FN2O2S2. The number of benzene rings is 1. The van der Waals surface area contributed by atoms with E-state index in [1.807, 2.05) is 5.38 Å². The first-order chi connectivity index (χ1) is 10.1. The summed E-state index contributed by atoms with van der Waals surface area (Å²) in [6.45, 7) is 0.882. The van der Waals surface area contributed by atoms with Gasteiger partial charge in [-0.3, -0.25) is 0 Å². The normalized spacial score (nSPS) is 20.5. The van der Waals surface area contributed by atoms with Crippen molar-refractivity contribution in [2.24, 2.45) is 0 Å². The molecule has 0 radical (unpaired) electrons. The maximum Gasteiger partial charge on any atom is 0.243 e. The zero-order valence-corrected chi connectivity index (χ0v) is 12.9. The van der Waals surface area contributed by atoms with Gasteiger partial charge in [0.25, 0.3) is 0 Å². The molecule has 0 saturated carbocycles. The Morgan fingerprint density at radius 3 is 2.95 bits per heavy atom. The second kappa shape index (κ2) is 5.82. The highest BCUT2D eigenvalue weighted by Crippen LogP contribution is 2.31. The highest BCUT2D eigenvalue weighted by Gasteiger charge is 2.31. The average Bonchev–Trinajstić information content (AvgIpc) is 3.02. The van der Waals surface area contributed by atoms with Crippen LogP contribution in [-0.4, -0.2) is 30.8 Å². The molecule has 1 aromatic carbocycles. The van der Waals surface area contributed by atoms with Crippen LogP contribution < -0.4 is 0 Å². The van der Waals surface area contributed by atoms with Crippen molar-refractivity contribution >= 4 is 21.4 Å². The first kappa shape index (κ1) is 14.6. The summed E-state index contributed by atoms with van der Waals surface area (Å²) in [5.74, 6) is -0.411. The molecule has 0 N–H and O–H groups in total. The third-order valence-corrected chi connectivity index (χ3v) is 6.42. The van der Waals surface area contributed by atoms with Crippen LogP contribution in [0.5, 0.6) is 0 Å². The molecule has 112 valence electrons. The summed E-state index contributed by atoms with van der Waals surface area (Å²) in [6.07, 6.45) is 3.46. The van der Waals surface area contributed by atoms with Gasteiger partial charge in [-0.1, -0.05) is 6.07 Å². The first-order valence-electron chi connectivity index (χ1n) is 6.72. The Morgan fingerprint density at radius 2 is 2.24 bits per heavy atom. The molecule has 1 aliphatic rings. The van der Waals surface area contributed by atoms with E-state index < -0.39 is 15.8 Å². The number of sulfonamides is 1. The molecule has 0 spiro atoms. The molecule has 1 aromatic heterocycles. The number of halogens is 1. The van der Waals surface area contributed by atoms with Crippen molar-refractivity contribution in [3.63, 3.8) is 0 Å². The quantitative estimate of drug-likeness (QED) is 0.871. The van der Waals surface area contributed by atoms with Crippen molar-refractivity contribution in [1.82, 2.24) is 9.29 Å². The van der Waals surface area contributed by atoms with E-state index in [0.29, 0.717) is 13.1 Å². The van der Waals surface area contributed by atoms with Gasteiger partial charge >= 0.3 is 0 Å². The number of thiazole rings is 1. The highest BCUT2D eigenvalue weighted by atomic mass is 32.2. The lowest BCUT2D eigenvalue weighted by Gasteiger charge is -2.30. The van der Waals surface area contributed by atoms with Gasteiger partial charge in [-0.15, -0.1) is 11.3 Å². The average molecular weight is 326 g/mol. The lowest BCUT2D eigenvalue weighted by atomic mass is 10.0. The lowest BCUT2D eigenvalue weighted by Crippen LogP contribution is -2.39. The number of hydrogen-bond donors (Lipinski definition) is 0. The minimum Gasteiger partial charge on any atom is -0.249 e. The summed E-state index contributed by atoms with van der Waals surface area (Å²) >= 11 is 1.55. The summed E-state index contributed by atoms with van der Waals surface area (Å²) in [5, 5.41) is 2.86. The molecule has 21 heavy (non-hydrogen) atoms. The molecule has 1 atom stereocenters. The molecule has 1 aliphatic heterocycles. The molecule has 1 unspecified atom stereocenters. The monoisotopic (exact) mass is 326 g/mol. The third-order valence-electron chi connectivity index (χ3n) is 3.62. The second-order valence-corrected chi connectivity index (χ2v) is 7.89. The van der Waals surface area contributed by atoms with Crippen molar-refractivity contribution in [2.45, 2.75) is 23.7 Å². The molecule has 0 aliphatic carbocycles. The fraction of sp³-hybridized carbons (Fsp3) is 0.357. The van der Waals surface area contributed by atoms with E-state index in [4.69, 9.17) is 0 Å². The van der Waals surface area contributed by atoms with Gasteiger partial charge in [0.15, 0.2) is 0 Å². The van der Waals surface area contributed by atoms with Crippen LogP contribution in [0.3, 0.4) is 0 Å². The molecule has 3 rings (SSSR count). The smallest absolute Gasteiger partial charge is 0.243 e. The van der Waals surface area contributed by atoms with Crippen LogP contribution >= 0.6 is 11.3 Å². The summed E-state index contributed by atoms with van der Waals surface area (Å²) in [6, 6.07) is 5.17. The molecule has 0 amide bonds. The van der Waals surface area contributed by atoms with E-state index in [9.17, 15) is 12.8 Å². The van der Waals surface area contributed by atoms with Crippen LogP contribution in [0.2, 0.25) is 0 Å². The summed E-state index contributed by atoms with van der Waals surface area (Å²) in [4.78, 5) is 4.30. The van der Waals surface area contributed by atoms with Crippen LogP contribution in [0.1, 0.15) is 23.8 Å². The Morgan fingerprint density at radius 1 is 1.38 bits per heavy atom. The van der Waals surface area contributed by atoms with Crippen molar-refractivity contribution in [3.8, 4) is 0 Å². The van der Waals surface area contributed by atoms with E-state index in [0.717, 1.165) is 23.9 Å². The lowest BCUT2D eigenvalue weighted by molar-refractivity contribution is 0.315. The zero-order valence-electron chi connectivity index (χ0n) is 11.3. The van der Waals surface area contributed by atoms with Gasteiger partial charge in [-0.2, -0.15) is 4.31 Å². The highest BCUT2D eigenvalue weighted by molar-refractivity contribution is 7.89. The van der Waals surface area contributed by atoms with Crippen LogP contribution in [0.15, 0.2) is 40.7 Å². The number of aromatic nitrogens is 1. The van der Waals surface area contributed by atoms with E-state index >= 15 is 0 Å². The second-order valence-electron chi connectivity index (χ2n) is 5.03. The summed E-state index contributed by atoms with van der Waals surface area (Å²) in [5.41, 5.74) is 0. The maximum atomic E-state index is 13.3. The summed E-state index contributed by atoms with van der Waals surface area (Å²) in [7, 11) is -3.64. The summed E-state index contributed by atoms with van der Waals surface area (Å²) < 4.78 is 39.9. The predicted octanol–water partition coefficient (Wildman–Crippen LogP) is 2.85. The fourth-order valence-corrected chi connectivity index (χ4v) is 4.90. The number of piperidine rings is 1. The fourth-order valence-electron chi connectivity index (χ4n) is 2.57. The Kier molecular flexibility index (Phi) is 4.05. The molecule has 7 heteroatoms. The van der Waals surface area contributed by atoms with E-state index in [2.05, 4.69) is 4.98 Å². The van der Waals surface area contributed by atoms with Crippen molar-refractivity contribution in [2.75, 3.05) is 13.1 Å². The molecule has 1 fully saturated rings.